The van der Waals surface area contributed by atoms with Crippen molar-refractivity contribution >= 4 is 14.1 Å². The predicted octanol–water partition coefficient (Wildman–Crippen LogP) is 5.07. The van der Waals surface area contributed by atoms with Gasteiger partial charge >= 0.3 is 0 Å². The van der Waals surface area contributed by atoms with Crippen LogP contribution in [0.4, 0.5) is 0 Å². The molecule has 0 amide bonds. The van der Waals surface area contributed by atoms with Crippen LogP contribution in [-0.4, -0.2) is 8.32 Å². The quantitative estimate of drug-likeness (QED) is 0.504. The molecule has 0 aliphatic rings. The van der Waals surface area contributed by atoms with E-state index in [2.05, 4.69) is 58.0 Å². The summed E-state index contributed by atoms with van der Waals surface area (Å²) < 4.78 is 6.42. The highest BCUT2D eigenvalue weighted by Crippen LogP contribution is 2.28. The van der Waals surface area contributed by atoms with Gasteiger partial charge in [0.1, 0.15) is 5.76 Å². The maximum atomic E-state index is 6.42. The van der Waals surface area contributed by atoms with E-state index in [1.165, 1.54) is 23.7 Å². The minimum atomic E-state index is -1.55. The van der Waals surface area contributed by atoms with Crippen LogP contribution in [0.15, 0.2) is 36.4 Å². The Bertz CT molecular complexity index is 344. The lowest BCUT2D eigenvalue weighted by molar-refractivity contribution is 0.490. The summed E-state index contributed by atoms with van der Waals surface area (Å²) in [5, 5.41) is 0. The first-order valence-electron chi connectivity index (χ1n) is 6.62. The van der Waals surface area contributed by atoms with E-state index in [9.17, 15) is 0 Å². The zero-order chi connectivity index (χ0) is 12.7. The van der Waals surface area contributed by atoms with Gasteiger partial charge in [0.2, 0.25) is 8.32 Å². The van der Waals surface area contributed by atoms with Crippen molar-refractivity contribution in [1.29, 1.82) is 0 Å². The Morgan fingerprint density at radius 1 is 1.06 bits per heavy atom. The lowest BCUT2D eigenvalue weighted by Gasteiger charge is -2.30. The number of rotatable bonds is 6. The van der Waals surface area contributed by atoms with Crippen molar-refractivity contribution in [2.45, 2.75) is 45.8 Å². The lowest BCUT2D eigenvalue weighted by atomic mass is 10.2. The third kappa shape index (κ3) is 3.47. The molecule has 0 spiro atoms. The molecule has 1 rings (SSSR count). The maximum Gasteiger partial charge on any atom is 0.250 e. The van der Waals surface area contributed by atoms with Crippen molar-refractivity contribution in [2.24, 2.45) is 0 Å². The van der Waals surface area contributed by atoms with Crippen LogP contribution in [0.25, 0.3) is 5.76 Å². The van der Waals surface area contributed by atoms with Crippen molar-refractivity contribution in [2.75, 3.05) is 0 Å². The first-order valence-corrected chi connectivity index (χ1v) is 9.15. The Hall–Kier alpha value is -1.02. The van der Waals surface area contributed by atoms with Gasteiger partial charge in [-0.05, 0) is 31.1 Å². The summed E-state index contributed by atoms with van der Waals surface area (Å²) in [5.74, 6) is 1.06. The Morgan fingerprint density at radius 2 is 1.59 bits per heavy atom. The van der Waals surface area contributed by atoms with E-state index in [-0.39, 0.29) is 0 Å². The molecule has 0 unspecified atom stereocenters. The van der Waals surface area contributed by atoms with Gasteiger partial charge in [0.15, 0.2) is 0 Å². The van der Waals surface area contributed by atoms with E-state index in [0.29, 0.717) is 0 Å². The molecule has 0 N–H and O–H groups in total. The van der Waals surface area contributed by atoms with Gasteiger partial charge in [-0.3, -0.25) is 0 Å². The average Bonchev–Trinajstić information content (AvgIpc) is 2.42. The van der Waals surface area contributed by atoms with Crippen LogP contribution in [0.3, 0.4) is 0 Å². The van der Waals surface area contributed by atoms with Crippen LogP contribution in [0.5, 0.6) is 0 Å². The van der Waals surface area contributed by atoms with Gasteiger partial charge in [-0.25, -0.2) is 0 Å². The highest BCUT2D eigenvalue weighted by atomic mass is 28.4. The molecule has 0 aliphatic heterocycles. The predicted molar refractivity (Wildman–Crippen MR) is 78.4 cm³/mol. The van der Waals surface area contributed by atoms with Crippen LogP contribution in [0.1, 0.15) is 33.3 Å². The standard InChI is InChI=1S/C15H24OSi/c1-5-15(14-12-10-9-11-13-14)16-17(6-2,7-3)8-4/h5,9-13H,6-8H2,1-4H3/b15-5+. The van der Waals surface area contributed by atoms with Crippen molar-refractivity contribution in [3.05, 3.63) is 42.0 Å². The molecular formula is C15H24OSi. The summed E-state index contributed by atoms with van der Waals surface area (Å²) in [7, 11) is -1.55. The van der Waals surface area contributed by atoms with Crippen LogP contribution in [0, 0.1) is 0 Å². The second-order valence-electron chi connectivity index (χ2n) is 4.36. The summed E-state index contributed by atoms with van der Waals surface area (Å²) in [6, 6.07) is 14.0. The van der Waals surface area contributed by atoms with Crippen LogP contribution in [0.2, 0.25) is 18.1 Å². The molecule has 17 heavy (non-hydrogen) atoms. The normalized spacial score (nSPS) is 12.6. The molecule has 0 fully saturated rings. The molecule has 0 aliphatic carbocycles. The minimum absolute atomic E-state index is 1.06. The summed E-state index contributed by atoms with van der Waals surface area (Å²) in [6.45, 7) is 8.84. The molecule has 0 atom stereocenters. The monoisotopic (exact) mass is 248 g/mol. The van der Waals surface area contributed by atoms with Gasteiger partial charge in [0.25, 0.3) is 0 Å². The number of hydrogen-bond donors (Lipinski definition) is 0. The van der Waals surface area contributed by atoms with Crippen LogP contribution < -0.4 is 0 Å². The SMILES string of the molecule is C/C=C(/O[Si](CC)(CC)CC)c1ccccc1. The highest BCUT2D eigenvalue weighted by Gasteiger charge is 2.31. The van der Waals surface area contributed by atoms with Crippen molar-refractivity contribution in [1.82, 2.24) is 0 Å². The van der Waals surface area contributed by atoms with E-state index in [1.807, 2.05) is 6.07 Å². The molecule has 0 saturated heterocycles. The highest BCUT2D eigenvalue weighted by molar-refractivity contribution is 6.74. The first-order chi connectivity index (χ1) is 8.21. The molecule has 0 radical (unpaired) electrons. The average molecular weight is 248 g/mol. The van der Waals surface area contributed by atoms with Gasteiger partial charge in [0.05, 0.1) is 0 Å². The van der Waals surface area contributed by atoms with E-state index < -0.39 is 8.32 Å². The molecule has 94 valence electrons. The second kappa shape index (κ2) is 6.65. The molecule has 1 nitrogen and oxygen atoms in total. The van der Waals surface area contributed by atoms with Gasteiger partial charge in [-0.15, -0.1) is 0 Å². The smallest absolute Gasteiger partial charge is 0.250 e. The molecule has 0 heterocycles. The van der Waals surface area contributed by atoms with E-state index in [0.717, 1.165) is 5.76 Å². The first kappa shape index (κ1) is 14.0. The Morgan fingerprint density at radius 3 is 2.00 bits per heavy atom. The lowest BCUT2D eigenvalue weighted by Crippen LogP contribution is -2.35. The molecular weight excluding hydrogens is 224 g/mol. The summed E-state index contributed by atoms with van der Waals surface area (Å²) >= 11 is 0. The number of allylic oxidation sites excluding steroid dienone is 1. The summed E-state index contributed by atoms with van der Waals surface area (Å²) in [6.07, 6.45) is 2.10. The summed E-state index contributed by atoms with van der Waals surface area (Å²) in [5.41, 5.74) is 1.20. The molecule has 1 aromatic carbocycles. The van der Waals surface area contributed by atoms with Crippen LogP contribution >= 0.6 is 0 Å². The molecule has 0 saturated carbocycles. The molecule has 0 aromatic heterocycles. The fourth-order valence-electron chi connectivity index (χ4n) is 2.09. The van der Waals surface area contributed by atoms with E-state index in [4.69, 9.17) is 4.43 Å². The maximum absolute atomic E-state index is 6.42. The zero-order valence-electron chi connectivity index (χ0n) is 11.5. The second-order valence-corrected chi connectivity index (χ2v) is 9.06. The molecule has 2 heteroatoms. The third-order valence-corrected chi connectivity index (χ3v) is 8.10. The fourth-order valence-corrected chi connectivity index (χ4v) is 4.72. The number of hydrogen-bond acceptors (Lipinski definition) is 1. The number of benzene rings is 1. The van der Waals surface area contributed by atoms with Gasteiger partial charge in [-0.2, -0.15) is 0 Å². The molecule has 1 aromatic rings. The van der Waals surface area contributed by atoms with Crippen molar-refractivity contribution in [3.8, 4) is 0 Å². The van der Waals surface area contributed by atoms with E-state index in [1.54, 1.807) is 0 Å². The molecule has 0 bridgehead atoms. The van der Waals surface area contributed by atoms with E-state index >= 15 is 0 Å². The topological polar surface area (TPSA) is 9.23 Å². The zero-order valence-corrected chi connectivity index (χ0v) is 12.5. The summed E-state index contributed by atoms with van der Waals surface area (Å²) in [4.78, 5) is 0. The largest absolute Gasteiger partial charge is 0.543 e. The van der Waals surface area contributed by atoms with Gasteiger partial charge < -0.3 is 4.43 Å². The fraction of sp³-hybridized carbons (Fsp3) is 0.467. The minimum Gasteiger partial charge on any atom is -0.543 e. The Labute approximate surface area is 107 Å². The third-order valence-electron chi connectivity index (χ3n) is 3.58. The van der Waals surface area contributed by atoms with Gasteiger partial charge in [0, 0.05) is 5.56 Å². The van der Waals surface area contributed by atoms with Gasteiger partial charge in [-0.1, -0.05) is 51.1 Å². The Balaban J connectivity index is 2.91. The Kier molecular flexibility index (Phi) is 5.49. The van der Waals surface area contributed by atoms with Crippen molar-refractivity contribution in [3.63, 3.8) is 0 Å². The van der Waals surface area contributed by atoms with Crippen molar-refractivity contribution < 1.29 is 4.43 Å². The van der Waals surface area contributed by atoms with Crippen LogP contribution in [-0.2, 0) is 4.43 Å².